The van der Waals surface area contributed by atoms with Crippen molar-refractivity contribution >= 4 is 17.7 Å². The van der Waals surface area contributed by atoms with Crippen LogP contribution >= 0.6 is 0 Å². The van der Waals surface area contributed by atoms with Gasteiger partial charge in [-0.25, -0.2) is 9.59 Å². The van der Waals surface area contributed by atoms with Crippen molar-refractivity contribution in [1.82, 2.24) is 4.90 Å². The first-order chi connectivity index (χ1) is 9.52. The van der Waals surface area contributed by atoms with Crippen molar-refractivity contribution in [2.45, 2.75) is 25.8 Å². The molecule has 1 unspecified atom stereocenters. The lowest BCUT2D eigenvalue weighted by Gasteiger charge is -2.23. The van der Waals surface area contributed by atoms with Crippen molar-refractivity contribution < 1.29 is 19.8 Å². The number of likely N-dealkylation sites (tertiary alicyclic amines) is 1. The lowest BCUT2D eigenvalue weighted by molar-refractivity contribution is 0.0696. The Balaban J connectivity index is 2.12. The van der Waals surface area contributed by atoms with Crippen LogP contribution in [0, 0.1) is 6.92 Å². The molecular weight excluding hydrogens is 260 g/mol. The van der Waals surface area contributed by atoms with E-state index in [-0.39, 0.29) is 24.2 Å². The molecule has 0 aromatic heterocycles. The van der Waals surface area contributed by atoms with Crippen molar-refractivity contribution in [2.24, 2.45) is 0 Å². The number of amides is 2. The van der Waals surface area contributed by atoms with E-state index in [4.69, 9.17) is 5.11 Å². The van der Waals surface area contributed by atoms with Crippen LogP contribution < -0.4 is 5.32 Å². The van der Waals surface area contributed by atoms with E-state index in [2.05, 4.69) is 5.32 Å². The van der Waals surface area contributed by atoms with Gasteiger partial charge in [0.2, 0.25) is 0 Å². The van der Waals surface area contributed by atoms with Gasteiger partial charge in [0.05, 0.1) is 18.2 Å². The van der Waals surface area contributed by atoms with E-state index in [1.54, 1.807) is 24.0 Å². The Morgan fingerprint density at radius 3 is 2.85 bits per heavy atom. The summed E-state index contributed by atoms with van der Waals surface area (Å²) in [5.41, 5.74) is 1.26. The van der Waals surface area contributed by atoms with E-state index in [9.17, 15) is 14.7 Å². The molecule has 0 bridgehead atoms. The van der Waals surface area contributed by atoms with Crippen LogP contribution in [0.25, 0.3) is 0 Å². The van der Waals surface area contributed by atoms with Gasteiger partial charge in [0.15, 0.2) is 0 Å². The fourth-order valence-electron chi connectivity index (χ4n) is 2.42. The minimum absolute atomic E-state index is 0.0539. The Kier molecular flexibility index (Phi) is 4.24. The smallest absolute Gasteiger partial charge is 0.336 e. The predicted molar refractivity (Wildman–Crippen MR) is 74.0 cm³/mol. The molecule has 2 rings (SSSR count). The third-order valence-electron chi connectivity index (χ3n) is 3.57. The monoisotopic (exact) mass is 278 g/mol. The van der Waals surface area contributed by atoms with Crippen molar-refractivity contribution in [3.05, 3.63) is 29.3 Å². The maximum absolute atomic E-state index is 12.1. The highest BCUT2D eigenvalue weighted by atomic mass is 16.4. The molecule has 0 radical (unpaired) electrons. The van der Waals surface area contributed by atoms with Crippen LogP contribution in [-0.2, 0) is 0 Å². The van der Waals surface area contributed by atoms with Crippen LogP contribution in [0.2, 0.25) is 0 Å². The van der Waals surface area contributed by atoms with Gasteiger partial charge in [-0.1, -0.05) is 6.07 Å². The third kappa shape index (κ3) is 2.91. The molecule has 1 atom stereocenters. The number of aromatic carboxylic acids is 1. The van der Waals surface area contributed by atoms with Crippen molar-refractivity contribution in [2.75, 3.05) is 18.5 Å². The van der Waals surface area contributed by atoms with Gasteiger partial charge in [0.25, 0.3) is 0 Å². The van der Waals surface area contributed by atoms with Crippen LogP contribution in [0.3, 0.4) is 0 Å². The molecule has 108 valence electrons. The number of urea groups is 1. The van der Waals surface area contributed by atoms with E-state index >= 15 is 0 Å². The topological polar surface area (TPSA) is 89.9 Å². The van der Waals surface area contributed by atoms with Gasteiger partial charge in [-0.3, -0.25) is 0 Å². The molecule has 1 aliphatic heterocycles. The number of carbonyl (C=O) groups is 2. The molecule has 3 N–H and O–H groups in total. The molecule has 6 nitrogen and oxygen atoms in total. The van der Waals surface area contributed by atoms with E-state index in [0.29, 0.717) is 17.8 Å². The number of carboxylic acid groups (broad SMARTS) is 1. The Hall–Kier alpha value is -2.08. The summed E-state index contributed by atoms with van der Waals surface area (Å²) in [5.74, 6) is -1.02. The van der Waals surface area contributed by atoms with E-state index in [0.717, 1.165) is 12.8 Å². The number of anilines is 1. The minimum Gasteiger partial charge on any atom is -0.478 e. The molecule has 1 aromatic rings. The number of benzene rings is 1. The first kappa shape index (κ1) is 14.3. The zero-order valence-electron chi connectivity index (χ0n) is 11.3. The number of hydrogen-bond donors (Lipinski definition) is 3. The van der Waals surface area contributed by atoms with Gasteiger partial charge in [-0.05, 0) is 37.5 Å². The Labute approximate surface area is 117 Å². The van der Waals surface area contributed by atoms with Gasteiger partial charge < -0.3 is 20.4 Å². The number of carboxylic acids is 1. The normalized spacial score (nSPS) is 18.1. The lowest BCUT2D eigenvalue weighted by atomic mass is 10.1. The zero-order valence-corrected chi connectivity index (χ0v) is 11.3. The summed E-state index contributed by atoms with van der Waals surface area (Å²) in [5, 5.41) is 20.9. The second-order valence-electron chi connectivity index (χ2n) is 4.94. The number of nitrogens with one attached hydrogen (secondary N) is 1. The molecule has 1 aliphatic rings. The summed E-state index contributed by atoms with van der Waals surface area (Å²) in [7, 11) is 0. The number of aliphatic hydroxyl groups is 1. The van der Waals surface area contributed by atoms with Crippen LogP contribution in [0.5, 0.6) is 0 Å². The summed E-state index contributed by atoms with van der Waals surface area (Å²) < 4.78 is 0. The molecule has 20 heavy (non-hydrogen) atoms. The first-order valence-electron chi connectivity index (χ1n) is 6.55. The van der Waals surface area contributed by atoms with Crippen LogP contribution in [0.15, 0.2) is 18.2 Å². The molecule has 0 aliphatic carbocycles. The van der Waals surface area contributed by atoms with Crippen LogP contribution in [-0.4, -0.2) is 46.3 Å². The van der Waals surface area contributed by atoms with Gasteiger partial charge in [-0.2, -0.15) is 0 Å². The highest BCUT2D eigenvalue weighted by Gasteiger charge is 2.28. The maximum Gasteiger partial charge on any atom is 0.336 e. The minimum atomic E-state index is -1.02. The summed E-state index contributed by atoms with van der Waals surface area (Å²) in [6, 6.07) is 4.32. The second-order valence-corrected chi connectivity index (χ2v) is 4.94. The van der Waals surface area contributed by atoms with Gasteiger partial charge in [0.1, 0.15) is 0 Å². The fraction of sp³-hybridized carbons (Fsp3) is 0.429. The first-order valence-corrected chi connectivity index (χ1v) is 6.55. The highest BCUT2D eigenvalue weighted by Crippen LogP contribution is 2.20. The Morgan fingerprint density at radius 2 is 2.20 bits per heavy atom. The van der Waals surface area contributed by atoms with Gasteiger partial charge >= 0.3 is 12.0 Å². The van der Waals surface area contributed by atoms with Gasteiger partial charge in [0, 0.05) is 12.2 Å². The number of aryl methyl sites for hydroxylation is 1. The molecule has 2 amide bonds. The number of nitrogens with zero attached hydrogens (tertiary/aromatic N) is 1. The Morgan fingerprint density at radius 1 is 1.45 bits per heavy atom. The largest absolute Gasteiger partial charge is 0.478 e. The molecule has 0 spiro atoms. The average Bonchev–Trinajstić information content (AvgIpc) is 2.89. The summed E-state index contributed by atoms with van der Waals surface area (Å²) in [6.45, 7) is 2.26. The zero-order chi connectivity index (χ0) is 14.7. The summed E-state index contributed by atoms with van der Waals surface area (Å²) in [4.78, 5) is 24.7. The van der Waals surface area contributed by atoms with E-state index < -0.39 is 5.97 Å². The molecule has 6 heteroatoms. The standard InChI is InChI=1S/C14H18N2O4/c1-9-4-5-10(7-12(9)13(18)19)15-14(20)16-6-2-3-11(16)8-17/h4-5,7,11,17H,2-3,6,8H2,1H3,(H,15,20)(H,18,19). The van der Waals surface area contributed by atoms with Crippen molar-refractivity contribution in [3.8, 4) is 0 Å². The van der Waals surface area contributed by atoms with Gasteiger partial charge in [-0.15, -0.1) is 0 Å². The number of rotatable bonds is 3. The van der Waals surface area contributed by atoms with Crippen LogP contribution in [0.1, 0.15) is 28.8 Å². The number of aliphatic hydroxyl groups excluding tert-OH is 1. The number of carbonyl (C=O) groups excluding carboxylic acids is 1. The maximum atomic E-state index is 12.1. The number of hydrogen-bond acceptors (Lipinski definition) is 3. The predicted octanol–water partition coefficient (Wildman–Crippen LogP) is 1.68. The second kappa shape index (κ2) is 5.92. The van der Waals surface area contributed by atoms with Crippen molar-refractivity contribution in [1.29, 1.82) is 0 Å². The fourth-order valence-corrected chi connectivity index (χ4v) is 2.42. The SMILES string of the molecule is Cc1ccc(NC(=O)N2CCCC2CO)cc1C(=O)O. The highest BCUT2D eigenvalue weighted by molar-refractivity contribution is 5.94. The molecule has 0 saturated carbocycles. The summed E-state index contributed by atoms with van der Waals surface area (Å²) in [6.07, 6.45) is 1.66. The van der Waals surface area contributed by atoms with Crippen molar-refractivity contribution in [3.63, 3.8) is 0 Å². The molecule has 1 heterocycles. The average molecular weight is 278 g/mol. The van der Waals surface area contributed by atoms with E-state index in [1.165, 1.54) is 6.07 Å². The third-order valence-corrected chi connectivity index (χ3v) is 3.57. The Bertz CT molecular complexity index is 530. The lowest BCUT2D eigenvalue weighted by Crippen LogP contribution is -2.40. The molecule has 1 saturated heterocycles. The van der Waals surface area contributed by atoms with Crippen LogP contribution in [0.4, 0.5) is 10.5 Å². The quantitative estimate of drug-likeness (QED) is 0.784. The summed E-state index contributed by atoms with van der Waals surface area (Å²) >= 11 is 0. The molecule has 1 aromatic carbocycles. The molecule has 1 fully saturated rings. The van der Waals surface area contributed by atoms with E-state index in [1.807, 2.05) is 0 Å². The molecular formula is C14H18N2O4.